The molecule has 2 saturated heterocycles. The van der Waals surface area contributed by atoms with Crippen LogP contribution in [-0.4, -0.2) is 49.2 Å². The lowest BCUT2D eigenvalue weighted by Gasteiger charge is -2.38. The molecular formula is C18H24Cl2N2O3S. The van der Waals surface area contributed by atoms with E-state index in [9.17, 15) is 13.2 Å². The fourth-order valence-electron chi connectivity index (χ4n) is 3.82. The van der Waals surface area contributed by atoms with Crippen molar-refractivity contribution in [1.29, 1.82) is 0 Å². The summed E-state index contributed by atoms with van der Waals surface area (Å²) in [6.45, 7) is 3.56. The molecule has 0 spiro atoms. The van der Waals surface area contributed by atoms with Gasteiger partial charge in [0.05, 0.1) is 5.02 Å². The van der Waals surface area contributed by atoms with Gasteiger partial charge in [0, 0.05) is 36.6 Å². The summed E-state index contributed by atoms with van der Waals surface area (Å²) >= 11 is 12.0. The van der Waals surface area contributed by atoms with E-state index < -0.39 is 10.0 Å². The van der Waals surface area contributed by atoms with E-state index in [1.165, 1.54) is 22.9 Å². The molecule has 26 heavy (non-hydrogen) atoms. The molecule has 1 aromatic rings. The van der Waals surface area contributed by atoms with Gasteiger partial charge in [0.15, 0.2) is 0 Å². The van der Waals surface area contributed by atoms with Gasteiger partial charge in [0.1, 0.15) is 4.90 Å². The normalized spacial score (nSPS) is 23.2. The minimum atomic E-state index is -3.71. The molecule has 2 aliphatic rings. The van der Waals surface area contributed by atoms with Gasteiger partial charge in [-0.1, -0.05) is 23.2 Å². The highest BCUT2D eigenvalue weighted by Gasteiger charge is 2.36. The van der Waals surface area contributed by atoms with Crippen molar-refractivity contribution in [3.8, 4) is 0 Å². The summed E-state index contributed by atoms with van der Waals surface area (Å²) in [4.78, 5) is 14.8. The number of rotatable bonds is 3. The largest absolute Gasteiger partial charge is 0.340 e. The first kappa shape index (κ1) is 19.9. The van der Waals surface area contributed by atoms with Crippen molar-refractivity contribution < 1.29 is 13.2 Å². The van der Waals surface area contributed by atoms with E-state index in [0.717, 1.165) is 19.4 Å². The molecule has 0 radical (unpaired) electrons. The molecule has 2 aliphatic heterocycles. The van der Waals surface area contributed by atoms with Gasteiger partial charge in [-0.05, 0) is 57.2 Å². The van der Waals surface area contributed by atoms with Gasteiger partial charge >= 0.3 is 0 Å². The molecule has 144 valence electrons. The average Bonchev–Trinajstić information content (AvgIpc) is 2.63. The standard InChI is InChI=1S/C18H24Cl2N2O3S/c1-13-4-2-3-9-22(13)18(23)14-7-10-21(11-8-14)26(24,25)17-12-15(19)5-6-16(17)20/h5-6,12-14H,2-4,7-11H2,1H3/t13-/m0/s1. The molecular weight excluding hydrogens is 395 g/mol. The average molecular weight is 419 g/mol. The molecule has 0 aromatic heterocycles. The third kappa shape index (κ3) is 4.03. The Morgan fingerprint density at radius 1 is 1.08 bits per heavy atom. The van der Waals surface area contributed by atoms with Crippen LogP contribution in [0.15, 0.2) is 23.1 Å². The minimum absolute atomic E-state index is 0.0288. The Morgan fingerprint density at radius 2 is 1.77 bits per heavy atom. The van der Waals surface area contributed by atoms with Gasteiger partial charge in [-0.2, -0.15) is 4.31 Å². The van der Waals surface area contributed by atoms with Crippen molar-refractivity contribution in [3.05, 3.63) is 28.2 Å². The third-order valence-corrected chi connectivity index (χ3v) is 8.02. The van der Waals surface area contributed by atoms with Crippen LogP contribution in [0.5, 0.6) is 0 Å². The number of likely N-dealkylation sites (tertiary alicyclic amines) is 1. The van der Waals surface area contributed by atoms with Crippen molar-refractivity contribution in [3.63, 3.8) is 0 Å². The number of nitrogens with zero attached hydrogens (tertiary/aromatic N) is 2. The smallest absolute Gasteiger partial charge is 0.244 e. The molecule has 0 bridgehead atoms. The number of piperidine rings is 2. The van der Waals surface area contributed by atoms with Gasteiger partial charge in [-0.15, -0.1) is 0 Å². The number of halogens is 2. The van der Waals surface area contributed by atoms with Gasteiger partial charge in [0.25, 0.3) is 0 Å². The van der Waals surface area contributed by atoms with Crippen molar-refractivity contribution >= 4 is 39.1 Å². The van der Waals surface area contributed by atoms with E-state index >= 15 is 0 Å². The first-order valence-electron chi connectivity index (χ1n) is 9.06. The summed E-state index contributed by atoms with van der Waals surface area (Å²) in [6.07, 6.45) is 4.35. The van der Waals surface area contributed by atoms with E-state index in [1.54, 1.807) is 6.07 Å². The number of carbonyl (C=O) groups is 1. The second-order valence-corrected chi connectivity index (χ2v) is 9.88. The van der Waals surface area contributed by atoms with Crippen molar-refractivity contribution in [2.24, 2.45) is 5.92 Å². The maximum absolute atomic E-state index is 12.9. The highest BCUT2D eigenvalue weighted by Crippen LogP contribution is 2.31. The van der Waals surface area contributed by atoms with E-state index in [2.05, 4.69) is 6.92 Å². The second-order valence-electron chi connectivity index (χ2n) is 7.13. The summed E-state index contributed by atoms with van der Waals surface area (Å²) in [7, 11) is -3.71. The highest BCUT2D eigenvalue weighted by molar-refractivity contribution is 7.89. The fraction of sp³-hybridized carbons (Fsp3) is 0.611. The molecule has 3 rings (SSSR count). The molecule has 0 aliphatic carbocycles. The van der Waals surface area contributed by atoms with E-state index in [-0.39, 0.29) is 27.8 Å². The lowest BCUT2D eigenvalue weighted by Crippen LogP contribution is -2.48. The maximum atomic E-state index is 12.9. The summed E-state index contributed by atoms with van der Waals surface area (Å²) in [5, 5.41) is 0.492. The van der Waals surface area contributed by atoms with Crippen LogP contribution in [0.1, 0.15) is 39.0 Å². The van der Waals surface area contributed by atoms with Crippen LogP contribution in [0.4, 0.5) is 0 Å². The SMILES string of the molecule is C[C@H]1CCCCN1C(=O)C1CCN(S(=O)(=O)c2cc(Cl)ccc2Cl)CC1. The Balaban J connectivity index is 1.68. The molecule has 0 unspecified atom stereocenters. The number of hydrogen-bond donors (Lipinski definition) is 0. The van der Waals surface area contributed by atoms with Crippen LogP contribution in [0.25, 0.3) is 0 Å². The topological polar surface area (TPSA) is 57.7 Å². The molecule has 1 aromatic carbocycles. The number of amides is 1. The lowest BCUT2D eigenvalue weighted by atomic mass is 9.94. The zero-order chi connectivity index (χ0) is 18.9. The molecule has 0 N–H and O–H groups in total. The number of sulfonamides is 1. The first-order chi connectivity index (χ1) is 12.3. The molecule has 1 amide bonds. The van der Waals surface area contributed by atoms with E-state index in [4.69, 9.17) is 23.2 Å². The monoisotopic (exact) mass is 418 g/mol. The van der Waals surface area contributed by atoms with Gasteiger partial charge in [-0.25, -0.2) is 8.42 Å². The molecule has 0 saturated carbocycles. The molecule has 1 atom stereocenters. The van der Waals surface area contributed by atoms with Crippen LogP contribution in [-0.2, 0) is 14.8 Å². The minimum Gasteiger partial charge on any atom is -0.340 e. The Labute approximate surface area is 165 Å². The number of hydrogen-bond acceptors (Lipinski definition) is 3. The van der Waals surface area contributed by atoms with Crippen molar-refractivity contribution in [2.75, 3.05) is 19.6 Å². The molecule has 8 heteroatoms. The van der Waals surface area contributed by atoms with E-state index in [1.807, 2.05) is 4.90 Å². The summed E-state index contributed by atoms with van der Waals surface area (Å²) in [5.41, 5.74) is 0. The predicted octanol–water partition coefficient (Wildman–Crippen LogP) is 3.80. The number of benzene rings is 1. The summed E-state index contributed by atoms with van der Waals surface area (Å²) in [6, 6.07) is 4.72. The Kier molecular flexibility index (Phi) is 6.17. The van der Waals surface area contributed by atoms with Gasteiger partial charge in [0.2, 0.25) is 15.9 Å². The van der Waals surface area contributed by atoms with Crippen LogP contribution in [0.3, 0.4) is 0 Å². The summed E-state index contributed by atoms with van der Waals surface area (Å²) < 4.78 is 27.2. The Morgan fingerprint density at radius 3 is 2.42 bits per heavy atom. The molecule has 2 heterocycles. The van der Waals surface area contributed by atoms with Crippen LogP contribution in [0.2, 0.25) is 10.0 Å². The lowest BCUT2D eigenvalue weighted by molar-refractivity contribution is -0.140. The van der Waals surface area contributed by atoms with Crippen molar-refractivity contribution in [2.45, 2.75) is 50.0 Å². The maximum Gasteiger partial charge on any atom is 0.244 e. The molecule has 2 fully saturated rings. The zero-order valence-electron chi connectivity index (χ0n) is 14.8. The van der Waals surface area contributed by atoms with Gasteiger partial charge in [-0.3, -0.25) is 4.79 Å². The predicted molar refractivity (Wildman–Crippen MR) is 103 cm³/mol. The third-order valence-electron chi connectivity index (χ3n) is 5.40. The fourth-order valence-corrected chi connectivity index (χ4v) is 6.02. The number of carbonyl (C=O) groups excluding carboxylic acids is 1. The first-order valence-corrected chi connectivity index (χ1v) is 11.3. The quantitative estimate of drug-likeness (QED) is 0.749. The van der Waals surface area contributed by atoms with Crippen molar-refractivity contribution in [1.82, 2.24) is 9.21 Å². The van der Waals surface area contributed by atoms with Crippen LogP contribution < -0.4 is 0 Å². The molecule has 5 nitrogen and oxygen atoms in total. The van der Waals surface area contributed by atoms with Crippen LogP contribution in [0, 0.1) is 5.92 Å². The zero-order valence-corrected chi connectivity index (χ0v) is 17.2. The van der Waals surface area contributed by atoms with Crippen LogP contribution >= 0.6 is 23.2 Å². The van der Waals surface area contributed by atoms with E-state index in [0.29, 0.717) is 31.0 Å². The Bertz CT molecular complexity index is 777. The second kappa shape index (κ2) is 8.05. The van der Waals surface area contributed by atoms with Gasteiger partial charge < -0.3 is 4.90 Å². The highest BCUT2D eigenvalue weighted by atomic mass is 35.5. The summed E-state index contributed by atoms with van der Waals surface area (Å²) in [5.74, 6) is 0.0758. The Hall–Kier alpha value is -0.820.